The van der Waals surface area contributed by atoms with Crippen LogP contribution in [0.15, 0.2) is 63.7 Å². The molecule has 0 saturated heterocycles. The van der Waals surface area contributed by atoms with Gasteiger partial charge in [0.05, 0.1) is 9.82 Å². The topological polar surface area (TPSA) is 142 Å². The van der Waals surface area contributed by atoms with Gasteiger partial charge in [-0.25, -0.2) is 0 Å². The number of phenolic OH excluding ortho intramolecular Hbond substituents is 1. The Balaban J connectivity index is 2.14. The Morgan fingerprint density at radius 1 is 1.04 bits per heavy atom. The number of benzene rings is 3. The van der Waals surface area contributed by atoms with E-state index in [1.165, 1.54) is 36.4 Å². The number of hydrogen-bond donors (Lipinski definition) is 2. The van der Waals surface area contributed by atoms with Gasteiger partial charge in [-0.1, -0.05) is 18.2 Å². The highest BCUT2D eigenvalue weighted by Crippen LogP contribution is 2.38. The summed E-state index contributed by atoms with van der Waals surface area (Å²) in [4.78, 5) is 10.3. The second-order valence-electron chi connectivity index (χ2n) is 5.74. The smallest absolute Gasteiger partial charge is 0.296 e. The normalized spacial score (nSPS) is 11.9. The summed E-state index contributed by atoms with van der Waals surface area (Å²) in [6.07, 6.45) is 0. The number of azo groups is 1. The van der Waals surface area contributed by atoms with Crippen LogP contribution in [0.2, 0.25) is 0 Å². The third-order valence-electron chi connectivity index (χ3n) is 3.82. The van der Waals surface area contributed by atoms with E-state index in [1.807, 2.05) is 0 Å². The standard InChI is InChI=1S/C17H13N3O6S/c1-10-2-6-14(15(8-10)20(22)23)18-19-17-13-5-4-12(27(24,25)26)9-11(13)3-7-16(17)21/h2-9,21H,1H3,(H,24,25,26). The zero-order valence-electron chi connectivity index (χ0n) is 13.9. The van der Waals surface area contributed by atoms with E-state index in [0.29, 0.717) is 16.3 Å². The maximum absolute atomic E-state index is 11.3. The molecule has 0 aliphatic heterocycles. The first-order valence-corrected chi connectivity index (χ1v) is 9.01. The van der Waals surface area contributed by atoms with Crippen molar-refractivity contribution in [2.75, 3.05) is 0 Å². The van der Waals surface area contributed by atoms with Crippen molar-refractivity contribution in [1.29, 1.82) is 0 Å². The molecule has 9 nitrogen and oxygen atoms in total. The van der Waals surface area contributed by atoms with E-state index >= 15 is 0 Å². The molecule has 0 heterocycles. The zero-order valence-corrected chi connectivity index (χ0v) is 14.7. The van der Waals surface area contributed by atoms with Gasteiger partial charge >= 0.3 is 0 Å². The van der Waals surface area contributed by atoms with Crippen LogP contribution in [0.4, 0.5) is 17.1 Å². The van der Waals surface area contributed by atoms with Gasteiger partial charge in [-0.15, -0.1) is 10.2 Å². The minimum absolute atomic E-state index is 0.0107. The van der Waals surface area contributed by atoms with Crippen LogP contribution in [0, 0.1) is 17.0 Å². The van der Waals surface area contributed by atoms with E-state index in [4.69, 9.17) is 4.55 Å². The molecule has 0 aliphatic rings. The molecule has 0 spiro atoms. The number of phenols is 1. The first-order chi connectivity index (χ1) is 12.7. The highest BCUT2D eigenvalue weighted by atomic mass is 32.2. The maximum atomic E-state index is 11.3. The van der Waals surface area contributed by atoms with Crippen molar-refractivity contribution in [2.45, 2.75) is 11.8 Å². The third-order valence-corrected chi connectivity index (χ3v) is 4.67. The average Bonchev–Trinajstić information content (AvgIpc) is 2.60. The summed E-state index contributed by atoms with van der Waals surface area (Å²) in [5.41, 5.74) is 0.486. The van der Waals surface area contributed by atoms with Crippen LogP contribution in [-0.4, -0.2) is 23.0 Å². The molecule has 0 amide bonds. The Morgan fingerprint density at radius 3 is 2.44 bits per heavy atom. The summed E-state index contributed by atoms with van der Waals surface area (Å²) in [5, 5.41) is 29.8. The van der Waals surface area contributed by atoms with Gasteiger partial charge in [-0.2, -0.15) is 8.42 Å². The third kappa shape index (κ3) is 3.76. The van der Waals surface area contributed by atoms with Gasteiger partial charge in [-0.05, 0) is 42.1 Å². The molecular weight excluding hydrogens is 374 g/mol. The quantitative estimate of drug-likeness (QED) is 0.293. The van der Waals surface area contributed by atoms with Crippen molar-refractivity contribution < 1.29 is 23.0 Å². The lowest BCUT2D eigenvalue weighted by Crippen LogP contribution is -1.97. The summed E-state index contributed by atoms with van der Waals surface area (Å²) in [5.74, 6) is -0.236. The second kappa shape index (κ2) is 6.74. The second-order valence-corrected chi connectivity index (χ2v) is 7.16. The van der Waals surface area contributed by atoms with Crippen LogP contribution in [0.1, 0.15) is 5.56 Å². The minimum atomic E-state index is -4.38. The highest BCUT2D eigenvalue weighted by molar-refractivity contribution is 7.85. The van der Waals surface area contributed by atoms with Crippen molar-refractivity contribution in [3.63, 3.8) is 0 Å². The molecule has 2 N–H and O–H groups in total. The van der Waals surface area contributed by atoms with Gasteiger partial charge in [0, 0.05) is 11.5 Å². The minimum Gasteiger partial charge on any atom is -0.506 e. The van der Waals surface area contributed by atoms with E-state index in [0.717, 1.165) is 6.07 Å². The van der Waals surface area contributed by atoms with E-state index in [1.54, 1.807) is 13.0 Å². The van der Waals surface area contributed by atoms with Gasteiger partial charge in [0.2, 0.25) is 0 Å². The van der Waals surface area contributed by atoms with Crippen molar-refractivity contribution >= 4 is 38.0 Å². The zero-order chi connectivity index (χ0) is 19.8. The van der Waals surface area contributed by atoms with Crippen LogP contribution >= 0.6 is 0 Å². The Kier molecular flexibility index (Phi) is 4.60. The van der Waals surface area contributed by atoms with Gasteiger partial charge in [0.25, 0.3) is 15.8 Å². The maximum Gasteiger partial charge on any atom is 0.296 e. The number of aryl methyl sites for hydroxylation is 1. The molecule has 3 aromatic rings. The van der Waals surface area contributed by atoms with Crippen LogP contribution in [0.5, 0.6) is 5.75 Å². The Morgan fingerprint density at radius 2 is 1.78 bits per heavy atom. The summed E-state index contributed by atoms with van der Waals surface area (Å²) >= 11 is 0. The summed E-state index contributed by atoms with van der Waals surface area (Å²) in [6, 6.07) is 10.9. The predicted octanol–water partition coefficient (Wildman–Crippen LogP) is 4.42. The fourth-order valence-electron chi connectivity index (χ4n) is 2.51. The number of nitrogens with zero attached hydrogens (tertiary/aromatic N) is 3. The molecule has 0 fully saturated rings. The lowest BCUT2D eigenvalue weighted by Gasteiger charge is -2.06. The van der Waals surface area contributed by atoms with Gasteiger partial charge in [-0.3, -0.25) is 14.7 Å². The number of hydrogen-bond acceptors (Lipinski definition) is 7. The fourth-order valence-corrected chi connectivity index (χ4v) is 3.03. The predicted molar refractivity (Wildman–Crippen MR) is 97.4 cm³/mol. The molecule has 0 radical (unpaired) electrons. The number of aromatic hydroxyl groups is 1. The number of fused-ring (bicyclic) bond motifs is 1. The Bertz CT molecular complexity index is 1200. The molecule has 0 unspecified atom stereocenters. The fraction of sp³-hybridized carbons (Fsp3) is 0.0588. The molecule has 27 heavy (non-hydrogen) atoms. The van der Waals surface area contributed by atoms with Gasteiger partial charge in [0.1, 0.15) is 11.4 Å². The first-order valence-electron chi connectivity index (χ1n) is 7.57. The largest absolute Gasteiger partial charge is 0.506 e. The van der Waals surface area contributed by atoms with Gasteiger partial charge in [0.15, 0.2) is 5.69 Å². The number of nitro groups is 1. The first kappa shape index (κ1) is 18.4. The van der Waals surface area contributed by atoms with Crippen LogP contribution in [0.3, 0.4) is 0 Å². The van der Waals surface area contributed by atoms with E-state index in [-0.39, 0.29) is 27.7 Å². The number of nitro benzene ring substituents is 1. The van der Waals surface area contributed by atoms with Crippen molar-refractivity contribution in [3.8, 4) is 5.75 Å². The SMILES string of the molecule is Cc1ccc(N=Nc2c(O)ccc3cc(S(=O)(=O)O)ccc23)c([N+](=O)[O-])c1. The van der Waals surface area contributed by atoms with Gasteiger partial charge < -0.3 is 5.11 Å². The van der Waals surface area contributed by atoms with E-state index < -0.39 is 15.0 Å². The Hall–Kier alpha value is -3.37. The number of rotatable bonds is 4. The molecule has 0 bridgehead atoms. The van der Waals surface area contributed by atoms with Crippen molar-refractivity contribution in [1.82, 2.24) is 0 Å². The monoisotopic (exact) mass is 387 g/mol. The lowest BCUT2D eigenvalue weighted by atomic mass is 10.1. The Labute approximate surface area is 153 Å². The molecule has 138 valence electrons. The summed E-state index contributed by atoms with van der Waals surface area (Å²) in [7, 11) is -4.38. The molecule has 10 heteroatoms. The van der Waals surface area contributed by atoms with Crippen molar-refractivity contribution in [3.05, 3.63) is 64.2 Å². The summed E-state index contributed by atoms with van der Waals surface area (Å²) in [6.45, 7) is 1.71. The summed E-state index contributed by atoms with van der Waals surface area (Å²) < 4.78 is 31.7. The lowest BCUT2D eigenvalue weighted by molar-refractivity contribution is -0.384. The molecule has 0 saturated carbocycles. The molecule has 3 aromatic carbocycles. The molecule has 0 aliphatic carbocycles. The van der Waals surface area contributed by atoms with Crippen molar-refractivity contribution in [2.24, 2.45) is 10.2 Å². The van der Waals surface area contributed by atoms with E-state index in [9.17, 15) is 23.6 Å². The van der Waals surface area contributed by atoms with Crippen LogP contribution in [-0.2, 0) is 10.1 Å². The van der Waals surface area contributed by atoms with E-state index in [2.05, 4.69) is 10.2 Å². The molecule has 0 aromatic heterocycles. The van der Waals surface area contributed by atoms with Crippen LogP contribution in [0.25, 0.3) is 10.8 Å². The van der Waals surface area contributed by atoms with Crippen LogP contribution < -0.4 is 0 Å². The molecular formula is C17H13N3O6S. The molecule has 0 atom stereocenters. The average molecular weight is 387 g/mol. The highest BCUT2D eigenvalue weighted by Gasteiger charge is 2.15. The molecule has 3 rings (SSSR count).